The Bertz CT molecular complexity index is 721. The van der Waals surface area contributed by atoms with Gasteiger partial charge >= 0.3 is 0 Å². The molecular weight excluding hydrogens is 274 g/mol. The van der Waals surface area contributed by atoms with Gasteiger partial charge < -0.3 is 5.32 Å². The van der Waals surface area contributed by atoms with Crippen LogP contribution in [0.3, 0.4) is 0 Å². The maximum absolute atomic E-state index is 12.2. The van der Waals surface area contributed by atoms with Gasteiger partial charge in [-0.15, -0.1) is 0 Å². The third-order valence-electron chi connectivity index (χ3n) is 5.35. The Balaban J connectivity index is 1.39. The first-order chi connectivity index (χ1) is 10.7. The molecule has 4 rings (SSSR count). The van der Waals surface area contributed by atoms with Crippen LogP contribution in [0.5, 0.6) is 0 Å². The number of benzene rings is 1. The van der Waals surface area contributed by atoms with Crippen molar-refractivity contribution in [1.82, 2.24) is 15.1 Å². The van der Waals surface area contributed by atoms with Crippen molar-refractivity contribution in [2.75, 3.05) is 6.54 Å². The molecule has 2 aliphatic carbocycles. The summed E-state index contributed by atoms with van der Waals surface area (Å²) in [4.78, 5) is 12.2. The summed E-state index contributed by atoms with van der Waals surface area (Å²) in [6.45, 7) is 3.57. The summed E-state index contributed by atoms with van der Waals surface area (Å²) in [5.41, 5.74) is 4.02. The maximum Gasteiger partial charge on any atom is 0.254 e. The fraction of sp³-hybridized carbons (Fsp3) is 0.444. The van der Waals surface area contributed by atoms with E-state index < -0.39 is 0 Å². The van der Waals surface area contributed by atoms with Crippen LogP contribution in [0, 0.1) is 5.92 Å². The number of nitrogens with zero attached hydrogens (tertiary/aromatic N) is 2. The molecule has 1 N–H and O–H groups in total. The van der Waals surface area contributed by atoms with E-state index >= 15 is 0 Å². The van der Waals surface area contributed by atoms with Crippen molar-refractivity contribution in [2.24, 2.45) is 5.92 Å². The Labute approximate surface area is 130 Å². The zero-order valence-corrected chi connectivity index (χ0v) is 12.9. The van der Waals surface area contributed by atoms with Gasteiger partial charge in [-0.3, -0.25) is 9.48 Å². The minimum atomic E-state index is -0.00645. The van der Waals surface area contributed by atoms with Crippen LogP contribution in [0.4, 0.5) is 0 Å². The Morgan fingerprint density at radius 2 is 2.32 bits per heavy atom. The molecule has 1 spiro atoms. The third-order valence-corrected chi connectivity index (χ3v) is 5.35. The summed E-state index contributed by atoms with van der Waals surface area (Å²) in [5, 5.41) is 7.24. The molecule has 2 aromatic rings. The van der Waals surface area contributed by atoms with E-state index in [1.807, 2.05) is 13.1 Å². The standard InChI is InChI=1S/C18H21N3O/c1-2-21-12-14(10-20-21)17(22)19-11-15-9-18(15)8-7-13-5-3-4-6-16(13)18/h3-6,10,12,15H,2,7-9,11H2,1H3,(H,19,22)/t15-,18+/m1/s1. The van der Waals surface area contributed by atoms with Crippen molar-refractivity contribution in [1.29, 1.82) is 0 Å². The molecule has 4 nitrogen and oxygen atoms in total. The van der Waals surface area contributed by atoms with Crippen LogP contribution in [0.1, 0.15) is 41.3 Å². The monoisotopic (exact) mass is 295 g/mol. The Morgan fingerprint density at radius 3 is 3.14 bits per heavy atom. The zero-order valence-electron chi connectivity index (χ0n) is 12.9. The van der Waals surface area contributed by atoms with Gasteiger partial charge in [0.15, 0.2) is 0 Å². The number of carbonyl (C=O) groups excluding carboxylic acids is 1. The lowest BCUT2D eigenvalue weighted by atomic mass is 9.95. The molecular formula is C18H21N3O. The molecule has 0 bridgehead atoms. The van der Waals surface area contributed by atoms with Crippen molar-refractivity contribution < 1.29 is 4.79 Å². The molecule has 0 radical (unpaired) electrons. The van der Waals surface area contributed by atoms with Crippen molar-refractivity contribution >= 4 is 5.91 Å². The molecule has 0 saturated heterocycles. The SMILES string of the molecule is CCn1cc(C(=O)NC[C@H]2C[C@@]23CCc2ccccc23)cn1. The number of amides is 1. The summed E-state index contributed by atoms with van der Waals surface area (Å²) < 4.78 is 1.78. The number of aromatic nitrogens is 2. The lowest BCUT2D eigenvalue weighted by Gasteiger charge is -2.12. The van der Waals surface area contributed by atoms with Gasteiger partial charge in [-0.25, -0.2) is 0 Å². The van der Waals surface area contributed by atoms with Gasteiger partial charge in [0.05, 0.1) is 11.8 Å². The summed E-state index contributed by atoms with van der Waals surface area (Å²) >= 11 is 0. The van der Waals surface area contributed by atoms with E-state index in [0.29, 0.717) is 16.9 Å². The highest BCUT2D eigenvalue weighted by atomic mass is 16.1. The highest BCUT2D eigenvalue weighted by Gasteiger charge is 2.57. The van der Waals surface area contributed by atoms with Crippen LogP contribution >= 0.6 is 0 Å². The largest absolute Gasteiger partial charge is 0.352 e. The van der Waals surface area contributed by atoms with Crippen LogP contribution < -0.4 is 5.32 Å². The fourth-order valence-electron chi connectivity index (χ4n) is 3.97. The Hall–Kier alpha value is -2.10. The van der Waals surface area contributed by atoms with E-state index in [1.54, 1.807) is 10.9 Å². The topological polar surface area (TPSA) is 46.9 Å². The van der Waals surface area contributed by atoms with Crippen LogP contribution in [0.25, 0.3) is 0 Å². The smallest absolute Gasteiger partial charge is 0.254 e. The lowest BCUT2D eigenvalue weighted by molar-refractivity contribution is 0.0951. The highest BCUT2D eigenvalue weighted by Crippen LogP contribution is 2.61. The molecule has 1 heterocycles. The molecule has 2 atom stereocenters. The second-order valence-electron chi connectivity index (χ2n) is 6.51. The molecule has 1 aromatic heterocycles. The zero-order chi connectivity index (χ0) is 15.2. The molecule has 22 heavy (non-hydrogen) atoms. The van der Waals surface area contributed by atoms with Crippen LogP contribution in [0.2, 0.25) is 0 Å². The van der Waals surface area contributed by atoms with Gasteiger partial charge in [-0.1, -0.05) is 24.3 Å². The van der Waals surface area contributed by atoms with Gasteiger partial charge in [0.1, 0.15) is 0 Å². The van der Waals surface area contributed by atoms with Crippen LogP contribution in [0.15, 0.2) is 36.7 Å². The second-order valence-corrected chi connectivity index (χ2v) is 6.51. The van der Waals surface area contributed by atoms with E-state index in [9.17, 15) is 4.79 Å². The number of hydrogen-bond donors (Lipinski definition) is 1. The number of hydrogen-bond acceptors (Lipinski definition) is 2. The summed E-state index contributed by atoms with van der Waals surface area (Å²) in [7, 11) is 0. The molecule has 1 saturated carbocycles. The average molecular weight is 295 g/mol. The summed E-state index contributed by atoms with van der Waals surface area (Å²) in [6, 6.07) is 8.79. The van der Waals surface area contributed by atoms with E-state index in [2.05, 4.69) is 34.7 Å². The second kappa shape index (κ2) is 4.97. The van der Waals surface area contributed by atoms with E-state index in [1.165, 1.54) is 30.4 Å². The quantitative estimate of drug-likeness (QED) is 0.942. The van der Waals surface area contributed by atoms with E-state index in [4.69, 9.17) is 0 Å². The number of carbonyl (C=O) groups is 1. The summed E-state index contributed by atoms with van der Waals surface area (Å²) in [5.74, 6) is 0.578. The van der Waals surface area contributed by atoms with Crippen LogP contribution in [-0.2, 0) is 18.4 Å². The van der Waals surface area contributed by atoms with Crippen molar-refractivity contribution in [3.05, 3.63) is 53.3 Å². The summed E-state index contributed by atoms with van der Waals surface area (Å²) in [6.07, 6.45) is 7.08. The molecule has 1 amide bonds. The van der Waals surface area contributed by atoms with Crippen molar-refractivity contribution in [3.8, 4) is 0 Å². The Morgan fingerprint density at radius 1 is 1.45 bits per heavy atom. The molecule has 1 aromatic carbocycles. The maximum atomic E-state index is 12.2. The Kier molecular flexibility index (Phi) is 3.06. The molecule has 114 valence electrons. The third kappa shape index (κ3) is 2.05. The first-order valence-electron chi connectivity index (χ1n) is 8.12. The van der Waals surface area contributed by atoms with Crippen molar-refractivity contribution in [3.63, 3.8) is 0 Å². The van der Waals surface area contributed by atoms with Gasteiger partial charge in [-0.2, -0.15) is 5.10 Å². The first kappa shape index (κ1) is 13.6. The van der Waals surface area contributed by atoms with E-state index in [-0.39, 0.29) is 5.91 Å². The number of fused-ring (bicyclic) bond motifs is 2. The molecule has 2 aliphatic rings. The average Bonchev–Trinajstić information content (AvgIpc) is 2.89. The molecule has 1 fully saturated rings. The van der Waals surface area contributed by atoms with Crippen LogP contribution in [-0.4, -0.2) is 22.2 Å². The molecule has 0 unspecified atom stereocenters. The van der Waals surface area contributed by atoms with Gasteiger partial charge in [-0.05, 0) is 43.2 Å². The van der Waals surface area contributed by atoms with Gasteiger partial charge in [0.2, 0.25) is 0 Å². The van der Waals surface area contributed by atoms with Gasteiger partial charge in [0.25, 0.3) is 5.91 Å². The normalized spacial score (nSPS) is 25.2. The highest BCUT2D eigenvalue weighted by molar-refractivity contribution is 5.93. The minimum Gasteiger partial charge on any atom is -0.352 e. The number of rotatable bonds is 4. The fourth-order valence-corrected chi connectivity index (χ4v) is 3.97. The van der Waals surface area contributed by atoms with E-state index in [0.717, 1.165) is 13.1 Å². The molecule has 0 aliphatic heterocycles. The minimum absolute atomic E-state index is 0.00645. The first-order valence-corrected chi connectivity index (χ1v) is 8.12. The van der Waals surface area contributed by atoms with Crippen molar-refractivity contribution in [2.45, 2.75) is 38.1 Å². The predicted molar refractivity (Wildman–Crippen MR) is 84.8 cm³/mol. The number of nitrogens with one attached hydrogen (secondary N) is 1. The molecule has 4 heteroatoms. The predicted octanol–water partition coefficient (Wildman–Crippen LogP) is 2.54. The van der Waals surface area contributed by atoms with Gasteiger partial charge in [0, 0.05) is 24.7 Å². The lowest BCUT2D eigenvalue weighted by Crippen LogP contribution is -2.27. The number of aryl methyl sites for hydroxylation is 2.